The van der Waals surface area contributed by atoms with Gasteiger partial charge >= 0.3 is 12.4 Å². The summed E-state index contributed by atoms with van der Waals surface area (Å²) >= 11 is 0. The van der Waals surface area contributed by atoms with Crippen LogP contribution in [0.5, 0.6) is 5.75 Å². The van der Waals surface area contributed by atoms with E-state index in [9.17, 15) is 35.9 Å². The molecule has 2 aliphatic rings. The third-order valence-electron chi connectivity index (χ3n) is 6.33. The molecule has 2 aliphatic heterocycles. The van der Waals surface area contributed by atoms with Gasteiger partial charge in [0.05, 0.1) is 23.8 Å². The number of fused-ring (bicyclic) bond motifs is 1. The van der Waals surface area contributed by atoms with Crippen molar-refractivity contribution in [3.63, 3.8) is 0 Å². The summed E-state index contributed by atoms with van der Waals surface area (Å²) < 4.78 is 87.5. The highest BCUT2D eigenvalue weighted by Gasteiger charge is 2.35. The van der Waals surface area contributed by atoms with Crippen molar-refractivity contribution >= 4 is 11.8 Å². The number of alkyl halides is 6. The summed E-state index contributed by atoms with van der Waals surface area (Å²) in [4.78, 5) is 26.6. The number of amides is 2. The molecular weight excluding hydrogens is 506 g/mol. The lowest BCUT2D eigenvalue weighted by molar-refractivity contribution is -0.149. The Morgan fingerprint density at radius 3 is 2.24 bits per heavy atom. The van der Waals surface area contributed by atoms with Crippen LogP contribution in [-0.4, -0.2) is 48.6 Å². The lowest BCUT2D eigenvalue weighted by Gasteiger charge is -2.35. The summed E-state index contributed by atoms with van der Waals surface area (Å²) in [7, 11) is 0. The second-order valence-electron chi connectivity index (χ2n) is 8.97. The first-order valence-electron chi connectivity index (χ1n) is 11.6. The summed E-state index contributed by atoms with van der Waals surface area (Å²) in [6, 6.07) is 7.16. The molecule has 0 radical (unpaired) electrons. The van der Waals surface area contributed by atoms with E-state index in [1.807, 2.05) is 0 Å². The molecule has 0 unspecified atom stereocenters. The standard InChI is InChI=1S/C25H24F6N2O4/c26-24(27,28)17-3-6-20(7-4-17)36-14-22(34)32-19-5-8-21(37-13-19)23(35)33-10-9-15-11-18(25(29,30)31)2-1-16(15)12-33/h1-4,6-7,11,19,21H,5,8-10,12-14H2,(H,32,34)/t19-,21+/m0/s1. The predicted octanol–water partition coefficient (Wildman–Crippen LogP) is 4.35. The van der Waals surface area contributed by atoms with Gasteiger partial charge in [-0.2, -0.15) is 26.3 Å². The molecule has 12 heteroatoms. The number of carbonyl (C=O) groups excluding carboxylic acids is 2. The average molecular weight is 530 g/mol. The van der Waals surface area contributed by atoms with Crippen LogP contribution in [0, 0.1) is 0 Å². The van der Waals surface area contributed by atoms with Gasteiger partial charge in [0.15, 0.2) is 6.61 Å². The first-order valence-corrected chi connectivity index (χ1v) is 11.6. The second-order valence-corrected chi connectivity index (χ2v) is 8.97. The Morgan fingerprint density at radius 1 is 0.946 bits per heavy atom. The smallest absolute Gasteiger partial charge is 0.416 e. The summed E-state index contributed by atoms with van der Waals surface area (Å²) in [6.07, 6.45) is -8.47. The van der Waals surface area contributed by atoms with E-state index in [0.29, 0.717) is 30.4 Å². The Labute approximate surface area is 208 Å². The molecule has 0 aliphatic carbocycles. The van der Waals surface area contributed by atoms with E-state index >= 15 is 0 Å². The van der Waals surface area contributed by atoms with Gasteiger partial charge in [-0.05, 0) is 66.8 Å². The highest BCUT2D eigenvalue weighted by molar-refractivity contribution is 5.81. The van der Waals surface area contributed by atoms with Crippen LogP contribution in [0.3, 0.4) is 0 Å². The van der Waals surface area contributed by atoms with Crippen LogP contribution in [0.15, 0.2) is 42.5 Å². The monoisotopic (exact) mass is 530 g/mol. The largest absolute Gasteiger partial charge is 0.484 e. The van der Waals surface area contributed by atoms with Gasteiger partial charge in [0.2, 0.25) is 0 Å². The number of hydrogen-bond acceptors (Lipinski definition) is 4. The third-order valence-corrected chi connectivity index (χ3v) is 6.33. The summed E-state index contributed by atoms with van der Waals surface area (Å²) in [5.41, 5.74) is -0.289. The zero-order valence-corrected chi connectivity index (χ0v) is 19.5. The van der Waals surface area contributed by atoms with E-state index in [1.165, 1.54) is 6.07 Å². The maximum absolute atomic E-state index is 12.9. The zero-order valence-electron chi connectivity index (χ0n) is 19.5. The van der Waals surface area contributed by atoms with E-state index in [1.54, 1.807) is 4.90 Å². The van der Waals surface area contributed by atoms with E-state index < -0.39 is 42.1 Å². The van der Waals surface area contributed by atoms with Crippen molar-refractivity contribution in [3.8, 4) is 5.75 Å². The molecule has 0 aromatic heterocycles. The lowest BCUT2D eigenvalue weighted by atomic mass is 9.96. The molecule has 200 valence electrons. The molecule has 2 aromatic carbocycles. The van der Waals surface area contributed by atoms with Gasteiger partial charge in [0.1, 0.15) is 11.9 Å². The van der Waals surface area contributed by atoms with Gasteiger partial charge in [-0.25, -0.2) is 0 Å². The Balaban J connectivity index is 1.21. The average Bonchev–Trinajstić information content (AvgIpc) is 2.86. The first kappa shape index (κ1) is 26.8. The Hall–Kier alpha value is -3.28. The molecule has 37 heavy (non-hydrogen) atoms. The maximum Gasteiger partial charge on any atom is 0.416 e. The fourth-order valence-corrected chi connectivity index (χ4v) is 4.34. The van der Waals surface area contributed by atoms with Crippen LogP contribution < -0.4 is 10.1 Å². The van der Waals surface area contributed by atoms with Crippen LogP contribution in [0.25, 0.3) is 0 Å². The fourth-order valence-electron chi connectivity index (χ4n) is 4.34. The zero-order chi connectivity index (χ0) is 26.8. The minimum atomic E-state index is -4.46. The van der Waals surface area contributed by atoms with Crippen molar-refractivity contribution in [2.75, 3.05) is 19.8 Å². The van der Waals surface area contributed by atoms with Crippen molar-refractivity contribution in [1.29, 1.82) is 0 Å². The SMILES string of the molecule is O=C(COc1ccc(C(F)(F)F)cc1)N[C@H]1CC[C@H](C(=O)N2CCc3cc(C(F)(F)F)ccc3C2)OC1. The number of halogens is 6. The molecule has 2 heterocycles. The van der Waals surface area contributed by atoms with Crippen LogP contribution in [-0.2, 0) is 39.6 Å². The molecule has 0 bridgehead atoms. The van der Waals surface area contributed by atoms with Crippen molar-refractivity contribution in [2.24, 2.45) is 0 Å². The Morgan fingerprint density at radius 2 is 1.62 bits per heavy atom. The Bertz CT molecular complexity index is 1130. The van der Waals surface area contributed by atoms with Crippen molar-refractivity contribution in [2.45, 2.75) is 50.3 Å². The molecule has 1 saturated heterocycles. The molecule has 6 nitrogen and oxygen atoms in total. The van der Waals surface area contributed by atoms with Gasteiger partial charge < -0.3 is 19.7 Å². The van der Waals surface area contributed by atoms with Gasteiger partial charge in [0, 0.05) is 13.1 Å². The lowest BCUT2D eigenvalue weighted by Crippen LogP contribution is -2.49. The summed E-state index contributed by atoms with van der Waals surface area (Å²) in [6.45, 7) is 0.178. The predicted molar refractivity (Wildman–Crippen MR) is 118 cm³/mol. The van der Waals surface area contributed by atoms with E-state index in [0.717, 1.165) is 36.4 Å². The number of ether oxygens (including phenoxy) is 2. The van der Waals surface area contributed by atoms with E-state index in [2.05, 4.69) is 5.32 Å². The molecule has 2 atom stereocenters. The molecule has 4 rings (SSSR count). The fraction of sp³-hybridized carbons (Fsp3) is 0.440. The third kappa shape index (κ3) is 6.73. The van der Waals surface area contributed by atoms with E-state index in [-0.39, 0.29) is 37.4 Å². The summed E-state index contributed by atoms with van der Waals surface area (Å²) in [5.74, 6) is -0.614. The molecule has 0 spiro atoms. The minimum absolute atomic E-state index is 0.0851. The van der Waals surface area contributed by atoms with Gasteiger partial charge in [-0.3, -0.25) is 9.59 Å². The number of nitrogens with zero attached hydrogens (tertiary/aromatic N) is 1. The molecule has 2 amide bonds. The van der Waals surface area contributed by atoms with Crippen LogP contribution in [0.1, 0.15) is 35.1 Å². The van der Waals surface area contributed by atoms with Crippen LogP contribution >= 0.6 is 0 Å². The molecule has 1 N–H and O–H groups in total. The van der Waals surface area contributed by atoms with Gasteiger partial charge in [-0.15, -0.1) is 0 Å². The topological polar surface area (TPSA) is 67.9 Å². The quantitative estimate of drug-likeness (QED) is 0.584. The van der Waals surface area contributed by atoms with Crippen molar-refractivity contribution < 1.29 is 45.4 Å². The Kier molecular flexibility index (Phi) is 7.67. The normalized spacial score (nSPS) is 20.2. The maximum atomic E-state index is 12.9. The van der Waals surface area contributed by atoms with Crippen LogP contribution in [0.2, 0.25) is 0 Å². The summed E-state index contributed by atoms with van der Waals surface area (Å²) in [5, 5.41) is 2.71. The first-order chi connectivity index (χ1) is 17.4. The van der Waals surface area contributed by atoms with E-state index in [4.69, 9.17) is 9.47 Å². The number of benzene rings is 2. The van der Waals surface area contributed by atoms with Gasteiger partial charge in [-0.1, -0.05) is 6.07 Å². The van der Waals surface area contributed by atoms with Crippen molar-refractivity contribution in [3.05, 3.63) is 64.7 Å². The molecule has 1 fully saturated rings. The molecule has 2 aromatic rings. The highest BCUT2D eigenvalue weighted by atomic mass is 19.4. The number of rotatable bonds is 5. The highest BCUT2D eigenvalue weighted by Crippen LogP contribution is 2.33. The second kappa shape index (κ2) is 10.6. The van der Waals surface area contributed by atoms with Gasteiger partial charge in [0.25, 0.3) is 11.8 Å². The van der Waals surface area contributed by atoms with Crippen LogP contribution in [0.4, 0.5) is 26.3 Å². The number of hydrogen-bond donors (Lipinski definition) is 1. The number of carbonyl (C=O) groups is 2. The molecular formula is C25H24F6N2O4. The number of nitrogens with one attached hydrogen (secondary N) is 1. The minimum Gasteiger partial charge on any atom is -0.484 e. The molecule has 0 saturated carbocycles. The van der Waals surface area contributed by atoms with Crippen molar-refractivity contribution in [1.82, 2.24) is 10.2 Å².